The first-order valence-corrected chi connectivity index (χ1v) is 8.20. The average molecular weight is 339 g/mol. The molecule has 0 unspecified atom stereocenters. The predicted molar refractivity (Wildman–Crippen MR) is 92.4 cm³/mol. The van der Waals surface area contributed by atoms with Gasteiger partial charge < -0.3 is 5.32 Å². The van der Waals surface area contributed by atoms with Crippen molar-refractivity contribution in [2.45, 2.75) is 38.4 Å². The molecule has 0 bridgehead atoms. The van der Waals surface area contributed by atoms with Crippen LogP contribution in [0.5, 0.6) is 0 Å². The summed E-state index contributed by atoms with van der Waals surface area (Å²) in [5, 5.41) is 19.7. The Labute approximate surface area is 146 Å². The van der Waals surface area contributed by atoms with Crippen LogP contribution in [-0.2, 0) is 18.4 Å². The lowest BCUT2D eigenvalue weighted by atomic mass is 10.0. The van der Waals surface area contributed by atoms with Crippen LogP contribution >= 0.6 is 0 Å². The SMILES string of the molecule is C#CCCC1(CCNC(=O)Cn2ccc(-c3cn(C)nc3C)n2)N=N1. The quantitative estimate of drug-likeness (QED) is 0.742. The maximum absolute atomic E-state index is 12.1. The smallest absolute Gasteiger partial charge is 0.241 e. The fourth-order valence-electron chi connectivity index (χ4n) is 2.72. The van der Waals surface area contributed by atoms with Crippen molar-refractivity contribution < 1.29 is 4.79 Å². The molecule has 0 saturated heterocycles. The van der Waals surface area contributed by atoms with Crippen LogP contribution < -0.4 is 5.32 Å². The summed E-state index contributed by atoms with van der Waals surface area (Å²) >= 11 is 0. The average Bonchev–Trinajstić information content (AvgIpc) is 3.04. The number of hydrogen-bond donors (Lipinski definition) is 1. The van der Waals surface area contributed by atoms with E-state index in [4.69, 9.17) is 6.42 Å². The van der Waals surface area contributed by atoms with Gasteiger partial charge in [-0.05, 0) is 13.0 Å². The second-order valence-electron chi connectivity index (χ2n) is 6.19. The Morgan fingerprint density at radius 3 is 2.80 bits per heavy atom. The standard InChI is InChI=1S/C17H21N7O/c1-4-5-7-17(21-22-17)8-9-18-16(25)12-24-10-6-15(20-24)14-11-23(3)19-13(14)2/h1,6,10-11H,5,7-9,12H2,2-3H3,(H,18,25). The molecule has 1 aliphatic rings. The van der Waals surface area contributed by atoms with Crippen molar-refractivity contribution in [3.63, 3.8) is 0 Å². The summed E-state index contributed by atoms with van der Waals surface area (Å²) in [4.78, 5) is 12.1. The van der Waals surface area contributed by atoms with E-state index in [1.807, 2.05) is 26.2 Å². The van der Waals surface area contributed by atoms with E-state index in [9.17, 15) is 4.79 Å². The number of amides is 1. The van der Waals surface area contributed by atoms with Gasteiger partial charge in [-0.15, -0.1) is 12.3 Å². The first-order valence-electron chi connectivity index (χ1n) is 8.20. The maximum atomic E-state index is 12.1. The van der Waals surface area contributed by atoms with Gasteiger partial charge in [0.05, 0.1) is 11.4 Å². The van der Waals surface area contributed by atoms with Gasteiger partial charge in [0, 0.05) is 50.8 Å². The van der Waals surface area contributed by atoms with Crippen molar-refractivity contribution >= 4 is 5.91 Å². The molecule has 0 spiro atoms. The first kappa shape index (κ1) is 16.9. The number of rotatable bonds is 8. The zero-order chi connectivity index (χ0) is 17.9. The summed E-state index contributed by atoms with van der Waals surface area (Å²) < 4.78 is 3.37. The molecule has 1 N–H and O–H groups in total. The molecule has 25 heavy (non-hydrogen) atoms. The third-order valence-electron chi connectivity index (χ3n) is 4.14. The molecular weight excluding hydrogens is 318 g/mol. The van der Waals surface area contributed by atoms with Crippen LogP contribution in [0.3, 0.4) is 0 Å². The molecular formula is C17H21N7O. The first-order chi connectivity index (χ1) is 12.0. The van der Waals surface area contributed by atoms with Crippen molar-refractivity contribution in [3.8, 4) is 23.6 Å². The molecule has 1 amide bonds. The minimum absolute atomic E-state index is 0.0923. The third kappa shape index (κ3) is 4.12. The van der Waals surface area contributed by atoms with Crippen LogP contribution in [0.25, 0.3) is 11.3 Å². The molecule has 0 aromatic carbocycles. The minimum atomic E-state index is -0.365. The van der Waals surface area contributed by atoms with Crippen LogP contribution in [0.15, 0.2) is 28.7 Å². The molecule has 8 heteroatoms. The summed E-state index contributed by atoms with van der Waals surface area (Å²) in [6.45, 7) is 2.63. The minimum Gasteiger partial charge on any atom is -0.354 e. The van der Waals surface area contributed by atoms with Gasteiger partial charge in [0.1, 0.15) is 6.54 Å². The summed E-state index contributed by atoms with van der Waals surface area (Å²) in [6.07, 6.45) is 11.0. The number of carbonyl (C=O) groups is 1. The number of nitrogens with zero attached hydrogens (tertiary/aromatic N) is 6. The molecule has 3 heterocycles. The lowest BCUT2D eigenvalue weighted by Crippen LogP contribution is -2.31. The molecule has 0 radical (unpaired) electrons. The van der Waals surface area contributed by atoms with Crippen molar-refractivity contribution in [2.24, 2.45) is 17.3 Å². The number of aromatic nitrogens is 4. The second kappa shape index (κ2) is 6.89. The maximum Gasteiger partial charge on any atom is 0.241 e. The largest absolute Gasteiger partial charge is 0.354 e. The van der Waals surface area contributed by atoms with E-state index in [1.54, 1.807) is 15.6 Å². The van der Waals surface area contributed by atoms with E-state index in [-0.39, 0.29) is 18.1 Å². The highest BCUT2D eigenvalue weighted by Crippen LogP contribution is 2.35. The van der Waals surface area contributed by atoms with Crippen molar-refractivity contribution in [1.82, 2.24) is 24.9 Å². The third-order valence-corrected chi connectivity index (χ3v) is 4.14. The number of carbonyl (C=O) groups excluding carboxylic acids is 1. The van der Waals surface area contributed by atoms with Gasteiger partial charge in [-0.3, -0.25) is 14.2 Å². The number of hydrogen-bond acceptors (Lipinski definition) is 5. The Hall–Kier alpha value is -2.95. The van der Waals surface area contributed by atoms with E-state index < -0.39 is 0 Å². The molecule has 1 aliphatic heterocycles. The van der Waals surface area contributed by atoms with Gasteiger partial charge >= 0.3 is 0 Å². The Bertz CT molecular complexity index is 834. The van der Waals surface area contributed by atoms with E-state index in [0.29, 0.717) is 19.4 Å². The van der Waals surface area contributed by atoms with Crippen molar-refractivity contribution in [3.05, 3.63) is 24.2 Å². The Balaban J connectivity index is 1.47. The van der Waals surface area contributed by atoms with Crippen LogP contribution in [-0.4, -0.2) is 37.7 Å². The molecule has 0 atom stereocenters. The summed E-state index contributed by atoms with van der Waals surface area (Å²) in [5.41, 5.74) is 2.32. The molecule has 2 aromatic rings. The zero-order valence-corrected chi connectivity index (χ0v) is 14.4. The van der Waals surface area contributed by atoms with E-state index in [1.165, 1.54) is 0 Å². The predicted octanol–water partition coefficient (Wildman–Crippen LogP) is 1.67. The lowest BCUT2D eigenvalue weighted by Gasteiger charge is -2.09. The van der Waals surface area contributed by atoms with Gasteiger partial charge in [-0.25, -0.2) is 0 Å². The number of aryl methyl sites for hydroxylation is 2. The molecule has 0 aliphatic carbocycles. The summed E-state index contributed by atoms with van der Waals surface area (Å²) in [5.74, 6) is 2.50. The Kier molecular flexibility index (Phi) is 4.65. The van der Waals surface area contributed by atoms with Crippen LogP contribution in [0, 0.1) is 19.3 Å². The van der Waals surface area contributed by atoms with E-state index in [2.05, 4.69) is 31.7 Å². The molecule has 8 nitrogen and oxygen atoms in total. The fraction of sp³-hybridized carbons (Fsp3) is 0.471. The van der Waals surface area contributed by atoms with Gasteiger partial charge in [-0.1, -0.05) is 0 Å². The fourth-order valence-corrected chi connectivity index (χ4v) is 2.72. The molecule has 130 valence electrons. The highest BCUT2D eigenvalue weighted by atomic mass is 16.2. The molecule has 0 saturated carbocycles. The molecule has 2 aromatic heterocycles. The van der Waals surface area contributed by atoms with Crippen LogP contribution in [0.4, 0.5) is 0 Å². The monoisotopic (exact) mass is 339 g/mol. The van der Waals surface area contributed by atoms with Gasteiger partial charge in [0.15, 0.2) is 5.66 Å². The topological polar surface area (TPSA) is 89.5 Å². The Morgan fingerprint density at radius 2 is 2.16 bits per heavy atom. The van der Waals surface area contributed by atoms with Gasteiger partial charge in [-0.2, -0.15) is 20.4 Å². The summed E-state index contributed by atoms with van der Waals surface area (Å²) in [6, 6.07) is 1.88. The van der Waals surface area contributed by atoms with E-state index in [0.717, 1.165) is 23.4 Å². The number of terminal acetylenes is 1. The highest BCUT2D eigenvalue weighted by molar-refractivity contribution is 5.75. The lowest BCUT2D eigenvalue weighted by molar-refractivity contribution is -0.121. The van der Waals surface area contributed by atoms with Crippen molar-refractivity contribution in [2.75, 3.05) is 6.54 Å². The molecule has 0 fully saturated rings. The second-order valence-corrected chi connectivity index (χ2v) is 6.19. The van der Waals surface area contributed by atoms with Crippen molar-refractivity contribution in [1.29, 1.82) is 0 Å². The van der Waals surface area contributed by atoms with Gasteiger partial charge in [0.2, 0.25) is 5.91 Å². The Morgan fingerprint density at radius 1 is 1.36 bits per heavy atom. The van der Waals surface area contributed by atoms with Gasteiger partial charge in [0.25, 0.3) is 0 Å². The summed E-state index contributed by atoms with van der Waals surface area (Å²) in [7, 11) is 1.87. The van der Waals surface area contributed by atoms with Crippen LogP contribution in [0.1, 0.15) is 25.0 Å². The number of nitrogens with one attached hydrogen (secondary N) is 1. The zero-order valence-electron chi connectivity index (χ0n) is 14.4. The van der Waals surface area contributed by atoms with Crippen LogP contribution in [0.2, 0.25) is 0 Å². The molecule has 3 rings (SSSR count). The van der Waals surface area contributed by atoms with E-state index >= 15 is 0 Å². The highest BCUT2D eigenvalue weighted by Gasteiger charge is 2.38. The normalized spacial score (nSPS) is 14.3.